The Balaban J connectivity index is 1.77. The SMILES string of the molecule is NC(=O)COc1cc2cc(c1)Nc1nc(ncc1Cl)Nc1cccc(c1)CC2. The molecular formula is C20H18ClN5O2. The number of benzene rings is 2. The van der Waals surface area contributed by atoms with Crippen molar-refractivity contribution in [1.29, 1.82) is 0 Å². The highest BCUT2D eigenvalue weighted by molar-refractivity contribution is 6.32. The molecule has 0 fully saturated rings. The van der Waals surface area contributed by atoms with Gasteiger partial charge in [-0.1, -0.05) is 23.7 Å². The molecule has 1 aliphatic heterocycles. The molecule has 142 valence electrons. The molecule has 0 radical (unpaired) electrons. The molecule has 4 N–H and O–H groups in total. The van der Waals surface area contributed by atoms with Gasteiger partial charge in [-0.05, 0) is 48.2 Å². The number of ether oxygens (including phenoxy) is 1. The first kappa shape index (κ1) is 18.1. The van der Waals surface area contributed by atoms with Crippen LogP contribution in [0.2, 0.25) is 5.02 Å². The summed E-state index contributed by atoms with van der Waals surface area (Å²) < 4.78 is 5.51. The van der Waals surface area contributed by atoms with Gasteiger partial charge in [-0.15, -0.1) is 0 Å². The van der Waals surface area contributed by atoms with Crippen LogP contribution < -0.4 is 21.1 Å². The smallest absolute Gasteiger partial charge is 0.255 e. The second kappa shape index (κ2) is 7.74. The number of nitrogens with two attached hydrogens (primary N) is 1. The zero-order valence-corrected chi connectivity index (χ0v) is 15.7. The molecule has 0 aliphatic carbocycles. The molecule has 28 heavy (non-hydrogen) atoms. The summed E-state index contributed by atoms with van der Waals surface area (Å²) >= 11 is 6.27. The molecule has 1 amide bonds. The number of carbonyl (C=O) groups excluding carboxylic acids is 1. The summed E-state index contributed by atoms with van der Waals surface area (Å²) in [6, 6.07) is 13.8. The highest BCUT2D eigenvalue weighted by Gasteiger charge is 2.11. The topological polar surface area (TPSA) is 102 Å². The number of aromatic nitrogens is 2. The number of amides is 1. The van der Waals surface area contributed by atoms with Gasteiger partial charge < -0.3 is 21.1 Å². The molecular weight excluding hydrogens is 378 g/mol. The zero-order valence-electron chi connectivity index (χ0n) is 14.9. The van der Waals surface area contributed by atoms with E-state index in [-0.39, 0.29) is 6.61 Å². The summed E-state index contributed by atoms with van der Waals surface area (Å²) in [4.78, 5) is 19.8. The third-order valence-corrected chi connectivity index (χ3v) is 4.52. The average Bonchev–Trinajstić information content (AvgIpc) is 2.67. The number of nitrogens with one attached hydrogen (secondary N) is 2. The number of hydrogen-bond acceptors (Lipinski definition) is 6. The molecule has 3 aromatic rings. The van der Waals surface area contributed by atoms with Gasteiger partial charge in [0.25, 0.3) is 5.91 Å². The van der Waals surface area contributed by atoms with Crippen molar-refractivity contribution in [3.8, 4) is 5.75 Å². The summed E-state index contributed by atoms with van der Waals surface area (Å²) in [6.07, 6.45) is 3.17. The van der Waals surface area contributed by atoms with Gasteiger partial charge in [0.15, 0.2) is 12.4 Å². The average molecular weight is 396 g/mol. The molecule has 1 aliphatic rings. The zero-order chi connectivity index (χ0) is 19.5. The maximum Gasteiger partial charge on any atom is 0.255 e. The van der Waals surface area contributed by atoms with E-state index in [1.54, 1.807) is 6.07 Å². The number of hydrogen-bond donors (Lipinski definition) is 3. The van der Waals surface area contributed by atoms with Gasteiger partial charge in [0.05, 0.1) is 6.20 Å². The number of aryl methyl sites for hydroxylation is 2. The van der Waals surface area contributed by atoms with Crippen molar-refractivity contribution in [3.05, 3.63) is 64.8 Å². The van der Waals surface area contributed by atoms with Crippen molar-refractivity contribution in [3.63, 3.8) is 0 Å². The lowest BCUT2D eigenvalue weighted by atomic mass is 10.0. The molecule has 0 saturated carbocycles. The van der Waals surface area contributed by atoms with Crippen molar-refractivity contribution >= 4 is 40.6 Å². The van der Waals surface area contributed by atoms with E-state index in [9.17, 15) is 4.79 Å². The third kappa shape index (κ3) is 4.32. The van der Waals surface area contributed by atoms with E-state index >= 15 is 0 Å². The minimum absolute atomic E-state index is 0.187. The molecule has 0 saturated heterocycles. The highest BCUT2D eigenvalue weighted by Crippen LogP contribution is 2.29. The lowest BCUT2D eigenvalue weighted by molar-refractivity contribution is -0.119. The Kier molecular flexibility index (Phi) is 4.99. The van der Waals surface area contributed by atoms with Crippen LogP contribution in [-0.4, -0.2) is 22.5 Å². The van der Waals surface area contributed by atoms with E-state index in [1.165, 1.54) is 11.8 Å². The van der Waals surface area contributed by atoms with Crippen molar-refractivity contribution in [2.45, 2.75) is 12.8 Å². The minimum atomic E-state index is -0.530. The van der Waals surface area contributed by atoms with Crippen molar-refractivity contribution in [1.82, 2.24) is 9.97 Å². The molecule has 8 heteroatoms. The molecule has 1 aromatic heterocycles. The number of nitrogens with zero attached hydrogens (tertiary/aromatic N) is 2. The first-order valence-electron chi connectivity index (χ1n) is 8.76. The summed E-state index contributed by atoms with van der Waals surface area (Å²) in [5, 5.41) is 6.80. The molecule has 4 rings (SSSR count). The fourth-order valence-electron chi connectivity index (χ4n) is 2.99. The number of anilines is 4. The molecule has 6 bridgehead atoms. The quantitative estimate of drug-likeness (QED) is 0.626. The van der Waals surface area contributed by atoms with Gasteiger partial charge in [0.2, 0.25) is 5.95 Å². The van der Waals surface area contributed by atoms with E-state index in [4.69, 9.17) is 22.1 Å². The number of primary amides is 1. The lowest BCUT2D eigenvalue weighted by Crippen LogP contribution is -2.20. The number of halogens is 1. The van der Waals surface area contributed by atoms with Crippen LogP contribution in [0.25, 0.3) is 0 Å². The van der Waals surface area contributed by atoms with E-state index in [0.717, 1.165) is 29.8 Å². The fraction of sp³-hybridized carbons (Fsp3) is 0.150. The van der Waals surface area contributed by atoms with Crippen LogP contribution in [0, 0.1) is 0 Å². The lowest BCUT2D eigenvalue weighted by Gasteiger charge is -2.13. The van der Waals surface area contributed by atoms with Crippen LogP contribution in [0.15, 0.2) is 48.7 Å². The van der Waals surface area contributed by atoms with Crippen molar-refractivity contribution in [2.24, 2.45) is 5.73 Å². The monoisotopic (exact) mass is 395 g/mol. The van der Waals surface area contributed by atoms with Crippen LogP contribution in [-0.2, 0) is 17.6 Å². The van der Waals surface area contributed by atoms with Crippen LogP contribution >= 0.6 is 11.6 Å². The van der Waals surface area contributed by atoms with Gasteiger partial charge in [0, 0.05) is 17.4 Å². The second-order valence-electron chi connectivity index (χ2n) is 6.46. The minimum Gasteiger partial charge on any atom is -0.484 e. The van der Waals surface area contributed by atoms with E-state index < -0.39 is 5.91 Å². The number of rotatable bonds is 3. The molecule has 0 atom stereocenters. The van der Waals surface area contributed by atoms with Gasteiger partial charge in [0.1, 0.15) is 10.8 Å². The Hall–Kier alpha value is -3.32. The molecule has 7 nitrogen and oxygen atoms in total. The van der Waals surface area contributed by atoms with Crippen LogP contribution in [0.4, 0.5) is 23.1 Å². The fourth-order valence-corrected chi connectivity index (χ4v) is 3.13. The number of carbonyl (C=O) groups is 1. The van der Waals surface area contributed by atoms with Crippen molar-refractivity contribution in [2.75, 3.05) is 17.2 Å². The van der Waals surface area contributed by atoms with Gasteiger partial charge in [-0.25, -0.2) is 4.98 Å². The summed E-state index contributed by atoms with van der Waals surface area (Å²) in [5.41, 5.74) is 9.07. The Morgan fingerprint density at radius 2 is 1.93 bits per heavy atom. The summed E-state index contributed by atoms with van der Waals surface area (Å²) in [5.74, 6) is 0.917. The van der Waals surface area contributed by atoms with Gasteiger partial charge in [-0.3, -0.25) is 4.79 Å². The number of fused-ring (bicyclic) bond motifs is 6. The second-order valence-corrected chi connectivity index (χ2v) is 6.87. The maximum atomic E-state index is 11.1. The van der Waals surface area contributed by atoms with Crippen molar-refractivity contribution < 1.29 is 9.53 Å². The first-order chi connectivity index (χ1) is 13.5. The van der Waals surface area contributed by atoms with E-state index in [0.29, 0.717) is 22.5 Å². The summed E-state index contributed by atoms with van der Waals surface area (Å²) in [6.45, 7) is -0.187. The maximum absolute atomic E-state index is 11.1. The molecule has 0 unspecified atom stereocenters. The first-order valence-corrected chi connectivity index (χ1v) is 9.13. The Labute approximate surface area is 166 Å². The molecule has 2 aromatic carbocycles. The summed E-state index contributed by atoms with van der Waals surface area (Å²) in [7, 11) is 0. The van der Waals surface area contributed by atoms with E-state index in [1.807, 2.05) is 24.3 Å². The largest absolute Gasteiger partial charge is 0.484 e. The van der Waals surface area contributed by atoms with Crippen LogP contribution in [0.5, 0.6) is 5.75 Å². The molecule has 0 spiro atoms. The predicted molar refractivity (Wildman–Crippen MR) is 109 cm³/mol. The highest BCUT2D eigenvalue weighted by atomic mass is 35.5. The Morgan fingerprint density at radius 1 is 1.11 bits per heavy atom. The standard InChI is InChI=1S/C20H18ClN5O2/c21-17-10-23-20-25-14-3-1-2-12(6-14)4-5-13-7-15(24-19(17)26-20)9-16(8-13)28-11-18(22)27/h1-3,6-10H,4-5,11H2,(H2,22,27)(H2,23,24,25,26). The predicted octanol–water partition coefficient (Wildman–Crippen LogP) is 3.58. The Morgan fingerprint density at radius 3 is 2.79 bits per heavy atom. The third-order valence-electron chi connectivity index (χ3n) is 4.24. The molecule has 2 heterocycles. The van der Waals surface area contributed by atoms with E-state index in [2.05, 4.69) is 32.7 Å². The van der Waals surface area contributed by atoms with Gasteiger partial charge in [-0.2, -0.15) is 4.98 Å². The van der Waals surface area contributed by atoms with Crippen LogP contribution in [0.3, 0.4) is 0 Å². The van der Waals surface area contributed by atoms with Gasteiger partial charge >= 0.3 is 0 Å². The van der Waals surface area contributed by atoms with Crippen LogP contribution in [0.1, 0.15) is 11.1 Å². The normalized spacial score (nSPS) is 12.5. The Bertz CT molecular complexity index is 1040.